The van der Waals surface area contributed by atoms with Crippen molar-refractivity contribution in [3.05, 3.63) is 23.9 Å². The first-order chi connectivity index (χ1) is 7.40. The predicted molar refractivity (Wildman–Crippen MR) is 50.5 cm³/mol. The summed E-state index contributed by atoms with van der Waals surface area (Å²) in [5.41, 5.74) is 5.68. The molecule has 1 aromatic rings. The number of alkyl halides is 3. The van der Waals surface area contributed by atoms with Crippen LogP contribution in [0.4, 0.5) is 19.0 Å². The summed E-state index contributed by atoms with van der Waals surface area (Å²) < 4.78 is 39.5. The summed E-state index contributed by atoms with van der Waals surface area (Å²) in [7, 11) is 0. The molecule has 1 heterocycles. The number of nitrogens with zero attached hydrogens (tertiary/aromatic N) is 1. The minimum absolute atomic E-state index is 0.0746. The number of hydrogen-bond donors (Lipinski definition) is 2. The zero-order valence-electron chi connectivity index (χ0n) is 8.24. The molecule has 0 aliphatic rings. The fourth-order valence-corrected chi connectivity index (χ4v) is 1.09. The number of hydrogen-bond acceptors (Lipinski definition) is 4. The molecule has 0 aromatic carbocycles. The Labute approximate surface area is 89.9 Å². The largest absolute Gasteiger partial charge is 0.411 e. The van der Waals surface area contributed by atoms with Crippen LogP contribution in [0.15, 0.2) is 18.3 Å². The topological polar surface area (TPSA) is 68.4 Å². The molecule has 4 nitrogen and oxygen atoms in total. The molecule has 7 heteroatoms. The summed E-state index contributed by atoms with van der Waals surface area (Å²) in [5.74, 6) is 0.0746. The SMILES string of the molecule is Nc1ncccc1C(O)COCC(F)(F)F. The quantitative estimate of drug-likeness (QED) is 0.826. The monoisotopic (exact) mass is 236 g/mol. The van der Waals surface area contributed by atoms with E-state index in [-0.39, 0.29) is 11.4 Å². The number of nitrogen functional groups attached to an aromatic ring is 1. The van der Waals surface area contributed by atoms with Crippen LogP contribution >= 0.6 is 0 Å². The van der Waals surface area contributed by atoms with Gasteiger partial charge in [0.2, 0.25) is 0 Å². The van der Waals surface area contributed by atoms with Gasteiger partial charge in [0, 0.05) is 11.8 Å². The summed E-state index contributed by atoms with van der Waals surface area (Å²) in [5, 5.41) is 9.49. The standard InChI is InChI=1S/C9H11F3N2O2/c10-9(11,12)5-16-4-7(15)6-2-1-3-14-8(6)13/h1-3,7,15H,4-5H2,(H2,13,14). The van der Waals surface area contributed by atoms with Crippen molar-refractivity contribution in [2.75, 3.05) is 18.9 Å². The number of aliphatic hydroxyl groups is 1. The molecule has 16 heavy (non-hydrogen) atoms. The molecule has 3 N–H and O–H groups in total. The van der Waals surface area contributed by atoms with Crippen molar-refractivity contribution in [2.45, 2.75) is 12.3 Å². The van der Waals surface area contributed by atoms with Crippen molar-refractivity contribution in [1.29, 1.82) is 0 Å². The van der Waals surface area contributed by atoms with Gasteiger partial charge in [-0.05, 0) is 6.07 Å². The van der Waals surface area contributed by atoms with Crippen LogP contribution in [-0.2, 0) is 4.74 Å². The van der Waals surface area contributed by atoms with Crippen molar-refractivity contribution in [3.8, 4) is 0 Å². The number of pyridine rings is 1. The van der Waals surface area contributed by atoms with Crippen LogP contribution in [-0.4, -0.2) is 29.5 Å². The van der Waals surface area contributed by atoms with Crippen LogP contribution in [0.25, 0.3) is 0 Å². The van der Waals surface area contributed by atoms with Crippen LogP contribution in [0.3, 0.4) is 0 Å². The molecule has 0 saturated heterocycles. The van der Waals surface area contributed by atoms with Gasteiger partial charge in [-0.15, -0.1) is 0 Å². The second-order valence-corrected chi connectivity index (χ2v) is 3.12. The molecule has 0 spiro atoms. The number of aromatic nitrogens is 1. The van der Waals surface area contributed by atoms with Crippen LogP contribution in [0.2, 0.25) is 0 Å². The fraction of sp³-hybridized carbons (Fsp3) is 0.444. The van der Waals surface area contributed by atoms with E-state index in [9.17, 15) is 18.3 Å². The van der Waals surface area contributed by atoms with Crippen molar-refractivity contribution in [3.63, 3.8) is 0 Å². The lowest BCUT2D eigenvalue weighted by molar-refractivity contribution is -0.179. The Balaban J connectivity index is 2.47. The second-order valence-electron chi connectivity index (χ2n) is 3.12. The highest BCUT2D eigenvalue weighted by atomic mass is 19.4. The van der Waals surface area contributed by atoms with E-state index in [0.29, 0.717) is 0 Å². The third kappa shape index (κ3) is 4.03. The van der Waals surface area contributed by atoms with Crippen molar-refractivity contribution >= 4 is 5.82 Å². The van der Waals surface area contributed by atoms with E-state index in [2.05, 4.69) is 9.72 Å². The van der Waals surface area contributed by atoms with E-state index in [1.807, 2.05) is 0 Å². The third-order valence-electron chi connectivity index (χ3n) is 1.77. The minimum Gasteiger partial charge on any atom is -0.386 e. The number of aliphatic hydroxyl groups excluding tert-OH is 1. The molecule has 1 unspecified atom stereocenters. The van der Waals surface area contributed by atoms with Crippen molar-refractivity contribution in [1.82, 2.24) is 4.98 Å². The Morgan fingerprint density at radius 2 is 2.19 bits per heavy atom. The number of nitrogens with two attached hydrogens (primary N) is 1. The smallest absolute Gasteiger partial charge is 0.386 e. The molecule has 0 amide bonds. The van der Waals surface area contributed by atoms with Gasteiger partial charge < -0.3 is 15.6 Å². The molecular weight excluding hydrogens is 225 g/mol. The highest BCUT2D eigenvalue weighted by Crippen LogP contribution is 2.20. The first-order valence-electron chi connectivity index (χ1n) is 4.43. The molecule has 0 aliphatic carbocycles. The summed E-state index contributed by atoms with van der Waals surface area (Å²) in [6, 6.07) is 3.00. The second kappa shape index (κ2) is 5.13. The van der Waals surface area contributed by atoms with Gasteiger partial charge in [0.1, 0.15) is 18.5 Å². The third-order valence-corrected chi connectivity index (χ3v) is 1.77. The fourth-order valence-electron chi connectivity index (χ4n) is 1.09. The maximum Gasteiger partial charge on any atom is 0.411 e. The molecule has 0 fully saturated rings. The molecule has 90 valence electrons. The Kier molecular flexibility index (Phi) is 4.08. The van der Waals surface area contributed by atoms with Gasteiger partial charge in [-0.1, -0.05) is 6.07 Å². The van der Waals surface area contributed by atoms with Gasteiger partial charge in [-0.2, -0.15) is 13.2 Å². The number of rotatable bonds is 4. The first-order valence-corrected chi connectivity index (χ1v) is 4.43. The minimum atomic E-state index is -4.40. The Bertz CT molecular complexity index is 344. The van der Waals surface area contributed by atoms with Crippen molar-refractivity contribution in [2.24, 2.45) is 0 Å². The normalized spacial score (nSPS) is 13.8. The predicted octanol–water partition coefficient (Wildman–Crippen LogP) is 1.28. The van der Waals surface area contributed by atoms with Crippen LogP contribution < -0.4 is 5.73 Å². The van der Waals surface area contributed by atoms with Gasteiger partial charge in [0.05, 0.1) is 6.61 Å². The number of halogens is 3. The van der Waals surface area contributed by atoms with Gasteiger partial charge >= 0.3 is 6.18 Å². The summed E-state index contributed by atoms with van der Waals surface area (Å²) in [6.45, 7) is -1.88. The lowest BCUT2D eigenvalue weighted by atomic mass is 10.1. The maximum absolute atomic E-state index is 11.7. The Hall–Kier alpha value is -1.34. The first kappa shape index (κ1) is 12.7. The average Bonchev–Trinajstić information content (AvgIpc) is 2.16. The molecule has 0 saturated carbocycles. The van der Waals surface area contributed by atoms with E-state index < -0.39 is 25.5 Å². The zero-order valence-corrected chi connectivity index (χ0v) is 8.24. The van der Waals surface area contributed by atoms with Crippen molar-refractivity contribution < 1.29 is 23.0 Å². The zero-order chi connectivity index (χ0) is 12.2. The van der Waals surface area contributed by atoms with Gasteiger partial charge in [0.15, 0.2) is 0 Å². The maximum atomic E-state index is 11.7. The Morgan fingerprint density at radius 3 is 2.75 bits per heavy atom. The van der Waals surface area contributed by atoms with E-state index in [1.54, 1.807) is 0 Å². The molecule has 1 aromatic heterocycles. The van der Waals surface area contributed by atoms with E-state index in [1.165, 1.54) is 18.3 Å². The molecule has 1 atom stereocenters. The van der Waals surface area contributed by atoms with Gasteiger partial charge in [-0.25, -0.2) is 4.98 Å². The van der Waals surface area contributed by atoms with Gasteiger partial charge in [-0.3, -0.25) is 0 Å². The van der Waals surface area contributed by atoms with Gasteiger partial charge in [0.25, 0.3) is 0 Å². The molecule has 0 aliphatic heterocycles. The summed E-state index contributed by atoms with van der Waals surface area (Å²) >= 11 is 0. The number of ether oxygens (including phenoxy) is 1. The molecule has 1 rings (SSSR count). The lowest BCUT2D eigenvalue weighted by Crippen LogP contribution is -2.20. The average molecular weight is 236 g/mol. The van der Waals surface area contributed by atoms with Crippen LogP contribution in [0.1, 0.15) is 11.7 Å². The Morgan fingerprint density at radius 1 is 1.50 bits per heavy atom. The van der Waals surface area contributed by atoms with E-state index in [4.69, 9.17) is 5.73 Å². The highest BCUT2D eigenvalue weighted by molar-refractivity contribution is 5.39. The highest BCUT2D eigenvalue weighted by Gasteiger charge is 2.28. The van der Waals surface area contributed by atoms with Crippen LogP contribution in [0, 0.1) is 0 Å². The summed E-state index contributed by atoms with van der Waals surface area (Å²) in [6.07, 6.45) is -4.20. The molecule has 0 bridgehead atoms. The number of anilines is 1. The van der Waals surface area contributed by atoms with Crippen LogP contribution in [0.5, 0.6) is 0 Å². The summed E-state index contributed by atoms with van der Waals surface area (Å²) in [4.78, 5) is 3.70. The lowest BCUT2D eigenvalue weighted by Gasteiger charge is -2.13. The molecular formula is C9H11F3N2O2. The van der Waals surface area contributed by atoms with E-state index >= 15 is 0 Å². The molecule has 0 radical (unpaired) electrons. The van der Waals surface area contributed by atoms with E-state index in [0.717, 1.165) is 0 Å².